The Bertz CT molecular complexity index is 679. The number of benzene rings is 1. The number of ether oxygens (including phenoxy) is 1. The number of carbonyl (C=O) groups is 1. The summed E-state index contributed by atoms with van der Waals surface area (Å²) in [5.41, 5.74) is 0.816. The Kier molecular flexibility index (Phi) is 6.11. The van der Waals surface area contributed by atoms with E-state index in [1.807, 2.05) is 0 Å². The maximum atomic E-state index is 12.9. The van der Waals surface area contributed by atoms with Crippen molar-refractivity contribution in [2.75, 3.05) is 13.2 Å². The highest BCUT2D eigenvalue weighted by Gasteiger charge is 2.14. The third kappa shape index (κ3) is 5.09. The average molecular weight is 346 g/mol. The first-order valence-corrected chi connectivity index (χ1v) is 8.80. The van der Waals surface area contributed by atoms with E-state index in [0.29, 0.717) is 24.9 Å². The molecule has 0 saturated heterocycles. The van der Waals surface area contributed by atoms with Crippen LogP contribution in [0.5, 0.6) is 0 Å². The van der Waals surface area contributed by atoms with Gasteiger partial charge in [-0.25, -0.2) is 4.39 Å². The third-order valence-electron chi connectivity index (χ3n) is 4.33. The number of aromatic nitrogens is 3. The van der Waals surface area contributed by atoms with Crippen LogP contribution in [0.4, 0.5) is 4.39 Å². The average Bonchev–Trinajstić information content (AvgIpc) is 2.97. The molecule has 1 heterocycles. The lowest BCUT2D eigenvalue weighted by Gasteiger charge is -2.15. The molecule has 1 aromatic heterocycles. The van der Waals surface area contributed by atoms with Gasteiger partial charge in [-0.05, 0) is 37.1 Å². The summed E-state index contributed by atoms with van der Waals surface area (Å²) in [6.07, 6.45) is 8.97. The van der Waals surface area contributed by atoms with E-state index < -0.39 is 0 Å². The minimum Gasteiger partial charge on any atom is -0.376 e. The zero-order valence-electron chi connectivity index (χ0n) is 14.2. The lowest BCUT2D eigenvalue weighted by Crippen LogP contribution is -2.29. The standard InChI is InChI=1S/C18H23FN4O2/c19-14-7-9-15(10-8-14)23-21-13-17(22-23)18(24)20-11-12-25-16-5-3-1-2-4-6-16/h7-10,13,16H,1-6,11-12H2,(H,20,24). The Morgan fingerprint density at radius 2 is 1.92 bits per heavy atom. The zero-order valence-corrected chi connectivity index (χ0v) is 14.2. The van der Waals surface area contributed by atoms with Crippen LogP contribution >= 0.6 is 0 Å². The summed E-state index contributed by atoms with van der Waals surface area (Å²) in [4.78, 5) is 13.4. The van der Waals surface area contributed by atoms with E-state index in [4.69, 9.17) is 4.74 Å². The van der Waals surface area contributed by atoms with Gasteiger partial charge in [-0.15, -0.1) is 5.10 Å². The molecule has 134 valence electrons. The van der Waals surface area contributed by atoms with Gasteiger partial charge in [0.15, 0.2) is 5.69 Å². The second kappa shape index (κ2) is 8.71. The van der Waals surface area contributed by atoms with Crippen molar-refractivity contribution in [1.29, 1.82) is 0 Å². The Morgan fingerprint density at radius 1 is 1.20 bits per heavy atom. The number of carbonyl (C=O) groups excluding carboxylic acids is 1. The fourth-order valence-electron chi connectivity index (χ4n) is 2.96. The number of hydrogen-bond donors (Lipinski definition) is 1. The number of halogens is 1. The summed E-state index contributed by atoms with van der Waals surface area (Å²) >= 11 is 0. The molecule has 0 aliphatic heterocycles. The van der Waals surface area contributed by atoms with Gasteiger partial charge in [-0.2, -0.15) is 9.90 Å². The normalized spacial score (nSPS) is 15.7. The Hall–Kier alpha value is -2.28. The van der Waals surface area contributed by atoms with Crippen molar-refractivity contribution < 1.29 is 13.9 Å². The molecule has 6 nitrogen and oxygen atoms in total. The molecule has 1 aliphatic carbocycles. The van der Waals surface area contributed by atoms with Crippen LogP contribution in [0.25, 0.3) is 5.69 Å². The lowest BCUT2D eigenvalue weighted by atomic mass is 10.1. The fraction of sp³-hybridized carbons (Fsp3) is 0.500. The highest BCUT2D eigenvalue weighted by molar-refractivity contribution is 5.91. The summed E-state index contributed by atoms with van der Waals surface area (Å²) in [6.45, 7) is 0.946. The summed E-state index contributed by atoms with van der Waals surface area (Å²) in [6, 6.07) is 5.75. The smallest absolute Gasteiger partial charge is 0.273 e. The molecule has 2 aromatic rings. The largest absolute Gasteiger partial charge is 0.376 e. The van der Waals surface area contributed by atoms with Crippen LogP contribution in [0.3, 0.4) is 0 Å². The molecule has 1 amide bonds. The van der Waals surface area contributed by atoms with Crippen LogP contribution < -0.4 is 5.32 Å². The molecule has 1 N–H and O–H groups in total. The second-order valence-electron chi connectivity index (χ2n) is 6.24. The van der Waals surface area contributed by atoms with Crippen LogP contribution in [-0.2, 0) is 4.74 Å². The van der Waals surface area contributed by atoms with E-state index >= 15 is 0 Å². The summed E-state index contributed by atoms with van der Waals surface area (Å²) in [5.74, 6) is -0.625. The van der Waals surface area contributed by atoms with Crippen LogP contribution in [0.1, 0.15) is 49.0 Å². The van der Waals surface area contributed by atoms with Gasteiger partial charge in [0.1, 0.15) is 5.82 Å². The Balaban J connectivity index is 1.44. The maximum absolute atomic E-state index is 12.9. The van der Waals surface area contributed by atoms with Crippen molar-refractivity contribution in [2.45, 2.75) is 44.6 Å². The molecule has 1 aliphatic rings. The molecule has 25 heavy (non-hydrogen) atoms. The van der Waals surface area contributed by atoms with Crippen molar-refractivity contribution in [1.82, 2.24) is 20.3 Å². The lowest BCUT2D eigenvalue weighted by molar-refractivity contribution is 0.0441. The Labute approximate surface area is 146 Å². The SMILES string of the molecule is O=C(NCCOC1CCCCCC1)c1cnn(-c2ccc(F)cc2)n1. The molecule has 0 unspecified atom stereocenters. The van der Waals surface area contributed by atoms with Gasteiger partial charge in [0.2, 0.25) is 0 Å². The van der Waals surface area contributed by atoms with Crippen molar-refractivity contribution in [3.8, 4) is 5.69 Å². The van der Waals surface area contributed by atoms with Crippen LogP contribution in [0, 0.1) is 5.82 Å². The predicted octanol–water partition coefficient (Wildman–Crippen LogP) is 2.88. The van der Waals surface area contributed by atoms with Crippen molar-refractivity contribution >= 4 is 5.91 Å². The molecular formula is C18H23FN4O2. The van der Waals surface area contributed by atoms with Crippen molar-refractivity contribution in [2.24, 2.45) is 0 Å². The van der Waals surface area contributed by atoms with E-state index in [1.165, 1.54) is 48.8 Å². The first kappa shape index (κ1) is 17.5. The quantitative estimate of drug-likeness (QED) is 0.645. The first-order chi connectivity index (χ1) is 12.2. The molecule has 0 bridgehead atoms. The van der Waals surface area contributed by atoms with Crippen LogP contribution in [0.2, 0.25) is 0 Å². The number of nitrogens with zero attached hydrogens (tertiary/aromatic N) is 3. The number of amides is 1. The van der Waals surface area contributed by atoms with Gasteiger partial charge in [-0.3, -0.25) is 4.79 Å². The number of nitrogens with one attached hydrogen (secondary N) is 1. The van der Waals surface area contributed by atoms with E-state index in [0.717, 1.165) is 12.8 Å². The third-order valence-corrected chi connectivity index (χ3v) is 4.33. The highest BCUT2D eigenvalue weighted by Crippen LogP contribution is 2.19. The van der Waals surface area contributed by atoms with Crippen LogP contribution in [-0.4, -0.2) is 40.2 Å². The van der Waals surface area contributed by atoms with Crippen LogP contribution in [0.15, 0.2) is 30.5 Å². The minimum atomic E-state index is -0.331. The Morgan fingerprint density at radius 3 is 2.64 bits per heavy atom. The summed E-state index contributed by atoms with van der Waals surface area (Å²) in [5, 5.41) is 10.9. The molecule has 7 heteroatoms. The van der Waals surface area contributed by atoms with Gasteiger partial charge < -0.3 is 10.1 Å². The van der Waals surface area contributed by atoms with Gasteiger partial charge in [0.05, 0.1) is 24.6 Å². The van der Waals surface area contributed by atoms with Gasteiger partial charge >= 0.3 is 0 Å². The highest BCUT2D eigenvalue weighted by atomic mass is 19.1. The summed E-state index contributed by atoms with van der Waals surface area (Å²) in [7, 11) is 0. The fourth-order valence-corrected chi connectivity index (χ4v) is 2.96. The summed E-state index contributed by atoms with van der Waals surface area (Å²) < 4.78 is 18.8. The first-order valence-electron chi connectivity index (χ1n) is 8.80. The van der Waals surface area contributed by atoms with Gasteiger partial charge in [-0.1, -0.05) is 25.7 Å². The van der Waals surface area contributed by atoms with Crippen molar-refractivity contribution in [3.63, 3.8) is 0 Å². The molecule has 1 aromatic carbocycles. The minimum absolute atomic E-state index is 0.221. The second-order valence-corrected chi connectivity index (χ2v) is 6.24. The molecule has 1 saturated carbocycles. The monoisotopic (exact) mass is 346 g/mol. The molecule has 3 rings (SSSR count). The molecule has 0 radical (unpaired) electrons. The topological polar surface area (TPSA) is 69.0 Å². The molecule has 0 atom stereocenters. The number of rotatable bonds is 6. The van der Waals surface area contributed by atoms with E-state index in [9.17, 15) is 9.18 Å². The van der Waals surface area contributed by atoms with Gasteiger partial charge in [0, 0.05) is 6.54 Å². The van der Waals surface area contributed by atoms with E-state index in [-0.39, 0.29) is 17.4 Å². The zero-order chi connectivity index (χ0) is 17.5. The van der Waals surface area contributed by atoms with Crippen molar-refractivity contribution in [3.05, 3.63) is 42.0 Å². The molecular weight excluding hydrogens is 323 g/mol. The van der Waals surface area contributed by atoms with E-state index in [2.05, 4.69) is 15.5 Å². The maximum Gasteiger partial charge on any atom is 0.273 e. The van der Waals surface area contributed by atoms with Gasteiger partial charge in [0.25, 0.3) is 5.91 Å². The predicted molar refractivity (Wildman–Crippen MR) is 91.1 cm³/mol. The van der Waals surface area contributed by atoms with E-state index in [1.54, 1.807) is 12.1 Å². The number of hydrogen-bond acceptors (Lipinski definition) is 4. The molecule has 1 fully saturated rings. The molecule has 0 spiro atoms.